The van der Waals surface area contributed by atoms with Gasteiger partial charge in [-0.1, -0.05) is 18.2 Å². The van der Waals surface area contributed by atoms with Gasteiger partial charge in [0.2, 0.25) is 0 Å². The van der Waals surface area contributed by atoms with E-state index in [1.807, 2.05) is 18.2 Å². The van der Waals surface area contributed by atoms with Gasteiger partial charge in [-0.2, -0.15) is 0 Å². The van der Waals surface area contributed by atoms with Crippen LogP contribution in [0.25, 0.3) is 11.0 Å². The molecule has 0 spiro atoms. The fraction of sp³-hybridized carbons (Fsp3) is 0.333. The molecule has 3 N–H and O–H groups in total. The first-order valence-electron chi connectivity index (χ1n) is 5.20. The fourth-order valence-electron chi connectivity index (χ4n) is 1.48. The Bertz CT molecular complexity index is 403. The number of fused-ring (bicyclic) bond motifs is 1. The Morgan fingerprint density at radius 1 is 1.40 bits per heavy atom. The molecule has 0 fully saturated rings. The van der Waals surface area contributed by atoms with Gasteiger partial charge in [-0.3, -0.25) is 0 Å². The Morgan fingerprint density at radius 2 is 2.20 bits per heavy atom. The van der Waals surface area contributed by atoms with Crippen molar-refractivity contribution in [1.29, 1.82) is 0 Å². The van der Waals surface area contributed by atoms with Gasteiger partial charge in [-0.25, -0.2) is 0 Å². The van der Waals surface area contributed by atoms with Gasteiger partial charge in [-0.05, 0) is 19.1 Å². The number of para-hydroxylation sites is 1. The van der Waals surface area contributed by atoms with Crippen molar-refractivity contribution in [1.82, 2.24) is 5.32 Å². The summed E-state index contributed by atoms with van der Waals surface area (Å²) >= 11 is 0. The first kappa shape index (κ1) is 10.2. The smallest absolute Gasteiger partial charge is 0.134 e. The van der Waals surface area contributed by atoms with Crippen molar-refractivity contribution in [2.45, 2.75) is 19.5 Å². The summed E-state index contributed by atoms with van der Waals surface area (Å²) in [5.74, 6) is 0.955. The molecular weight excluding hydrogens is 188 g/mol. The lowest BCUT2D eigenvalue weighted by molar-refractivity contribution is 0.478. The number of hydrogen-bond acceptors (Lipinski definition) is 3. The van der Waals surface area contributed by atoms with E-state index in [2.05, 4.69) is 24.4 Å². The molecule has 3 heteroatoms. The minimum absolute atomic E-state index is 0.318. The van der Waals surface area contributed by atoms with Crippen LogP contribution in [0, 0.1) is 0 Å². The molecule has 1 aromatic carbocycles. The highest BCUT2D eigenvalue weighted by Gasteiger charge is 2.04. The third-order valence-corrected chi connectivity index (χ3v) is 2.45. The number of furan rings is 1. The summed E-state index contributed by atoms with van der Waals surface area (Å²) in [6.07, 6.45) is 0. The lowest BCUT2D eigenvalue weighted by atomic mass is 10.2. The highest BCUT2D eigenvalue weighted by molar-refractivity contribution is 5.77. The molecule has 0 aliphatic rings. The summed E-state index contributed by atoms with van der Waals surface area (Å²) in [4.78, 5) is 0. The second kappa shape index (κ2) is 4.47. The Balaban J connectivity index is 2.09. The molecule has 0 bridgehead atoms. The molecule has 0 saturated carbocycles. The topological polar surface area (TPSA) is 51.2 Å². The van der Waals surface area contributed by atoms with Gasteiger partial charge in [0.1, 0.15) is 11.3 Å². The minimum Gasteiger partial charge on any atom is -0.460 e. The predicted molar refractivity (Wildman–Crippen MR) is 61.6 cm³/mol. The molecule has 0 saturated heterocycles. The van der Waals surface area contributed by atoms with E-state index in [0.717, 1.165) is 23.3 Å². The fourth-order valence-corrected chi connectivity index (χ4v) is 1.48. The maximum atomic E-state index is 5.66. The van der Waals surface area contributed by atoms with Crippen LogP contribution in [0.3, 0.4) is 0 Å². The van der Waals surface area contributed by atoms with Gasteiger partial charge in [0.05, 0.1) is 6.54 Å². The number of benzene rings is 1. The molecule has 0 aliphatic carbocycles. The molecule has 2 rings (SSSR count). The van der Waals surface area contributed by atoms with Gasteiger partial charge < -0.3 is 15.5 Å². The van der Waals surface area contributed by atoms with Gasteiger partial charge in [0, 0.05) is 18.0 Å². The zero-order chi connectivity index (χ0) is 10.7. The van der Waals surface area contributed by atoms with Crippen LogP contribution >= 0.6 is 0 Å². The first-order chi connectivity index (χ1) is 7.29. The molecule has 0 amide bonds. The van der Waals surface area contributed by atoms with Crippen LogP contribution in [0.15, 0.2) is 34.7 Å². The highest BCUT2D eigenvalue weighted by atomic mass is 16.3. The molecule has 1 unspecified atom stereocenters. The molecule has 1 heterocycles. The maximum absolute atomic E-state index is 5.66. The second-order valence-corrected chi connectivity index (χ2v) is 3.77. The van der Waals surface area contributed by atoms with Crippen molar-refractivity contribution in [2.24, 2.45) is 5.73 Å². The average molecular weight is 204 g/mol. The SMILES string of the molecule is CC(CN)NCc1cc2ccccc2o1. The first-order valence-corrected chi connectivity index (χ1v) is 5.20. The summed E-state index contributed by atoms with van der Waals surface area (Å²) in [6, 6.07) is 10.4. The minimum atomic E-state index is 0.318. The lowest BCUT2D eigenvalue weighted by Crippen LogP contribution is -2.32. The molecule has 0 radical (unpaired) electrons. The number of nitrogens with one attached hydrogen (secondary N) is 1. The van der Waals surface area contributed by atoms with Crippen molar-refractivity contribution in [3.63, 3.8) is 0 Å². The summed E-state index contributed by atoms with van der Waals surface area (Å²) in [7, 11) is 0. The quantitative estimate of drug-likeness (QED) is 0.799. The number of hydrogen-bond donors (Lipinski definition) is 2. The van der Waals surface area contributed by atoms with Crippen LogP contribution in [-0.4, -0.2) is 12.6 Å². The Labute approximate surface area is 89.3 Å². The van der Waals surface area contributed by atoms with Crippen molar-refractivity contribution < 1.29 is 4.42 Å². The van der Waals surface area contributed by atoms with E-state index >= 15 is 0 Å². The summed E-state index contributed by atoms with van der Waals surface area (Å²) in [6.45, 7) is 3.43. The molecule has 15 heavy (non-hydrogen) atoms. The summed E-state index contributed by atoms with van der Waals surface area (Å²) in [5, 5.41) is 4.44. The van der Waals surface area contributed by atoms with E-state index in [1.54, 1.807) is 0 Å². The molecule has 3 nitrogen and oxygen atoms in total. The predicted octanol–water partition coefficient (Wildman–Crippen LogP) is 1.87. The Hall–Kier alpha value is -1.32. The normalized spacial score (nSPS) is 13.2. The Kier molecular flexibility index (Phi) is 3.04. The highest BCUT2D eigenvalue weighted by Crippen LogP contribution is 2.18. The van der Waals surface area contributed by atoms with Gasteiger partial charge >= 0.3 is 0 Å². The zero-order valence-electron chi connectivity index (χ0n) is 8.86. The van der Waals surface area contributed by atoms with Crippen LogP contribution in [0.4, 0.5) is 0 Å². The van der Waals surface area contributed by atoms with E-state index in [4.69, 9.17) is 10.2 Å². The van der Waals surface area contributed by atoms with Gasteiger partial charge in [0.25, 0.3) is 0 Å². The van der Waals surface area contributed by atoms with E-state index < -0.39 is 0 Å². The van der Waals surface area contributed by atoms with Crippen molar-refractivity contribution in [3.8, 4) is 0 Å². The van der Waals surface area contributed by atoms with Crippen LogP contribution in [0.5, 0.6) is 0 Å². The van der Waals surface area contributed by atoms with Gasteiger partial charge in [-0.15, -0.1) is 0 Å². The molecular formula is C12H16N2O. The standard InChI is InChI=1S/C12H16N2O/c1-9(7-13)14-8-11-6-10-4-2-3-5-12(10)15-11/h2-6,9,14H,7-8,13H2,1H3. The third-order valence-electron chi connectivity index (χ3n) is 2.45. The van der Waals surface area contributed by atoms with Crippen molar-refractivity contribution in [3.05, 3.63) is 36.1 Å². The van der Waals surface area contributed by atoms with Crippen LogP contribution in [0.2, 0.25) is 0 Å². The molecule has 1 aromatic heterocycles. The molecule has 0 aliphatic heterocycles. The largest absolute Gasteiger partial charge is 0.460 e. The third kappa shape index (κ3) is 2.37. The molecule has 2 aromatic rings. The van der Waals surface area contributed by atoms with Crippen LogP contribution in [-0.2, 0) is 6.54 Å². The average Bonchev–Trinajstić information content (AvgIpc) is 2.68. The lowest BCUT2D eigenvalue weighted by Gasteiger charge is -2.08. The summed E-state index contributed by atoms with van der Waals surface area (Å²) in [5.41, 5.74) is 6.46. The van der Waals surface area contributed by atoms with Gasteiger partial charge in [0.15, 0.2) is 0 Å². The van der Waals surface area contributed by atoms with E-state index in [-0.39, 0.29) is 0 Å². The second-order valence-electron chi connectivity index (χ2n) is 3.77. The zero-order valence-corrected chi connectivity index (χ0v) is 8.86. The maximum Gasteiger partial charge on any atom is 0.134 e. The number of nitrogens with two attached hydrogens (primary N) is 1. The van der Waals surface area contributed by atoms with E-state index in [0.29, 0.717) is 12.6 Å². The number of rotatable bonds is 4. The van der Waals surface area contributed by atoms with Crippen LogP contribution in [0.1, 0.15) is 12.7 Å². The molecule has 80 valence electrons. The van der Waals surface area contributed by atoms with E-state index in [1.165, 1.54) is 0 Å². The summed E-state index contributed by atoms with van der Waals surface area (Å²) < 4.78 is 5.66. The van der Waals surface area contributed by atoms with E-state index in [9.17, 15) is 0 Å². The monoisotopic (exact) mass is 204 g/mol. The van der Waals surface area contributed by atoms with Crippen molar-refractivity contribution >= 4 is 11.0 Å². The Morgan fingerprint density at radius 3 is 2.93 bits per heavy atom. The molecule has 1 atom stereocenters. The van der Waals surface area contributed by atoms with Crippen molar-refractivity contribution in [2.75, 3.05) is 6.54 Å². The van der Waals surface area contributed by atoms with Crippen LogP contribution < -0.4 is 11.1 Å².